The summed E-state index contributed by atoms with van der Waals surface area (Å²) in [6.45, 7) is 0. The van der Waals surface area contributed by atoms with Gasteiger partial charge in [-0.3, -0.25) is 0 Å². The maximum atomic E-state index is 3.35. The summed E-state index contributed by atoms with van der Waals surface area (Å²) in [7, 11) is 0. The molecule has 0 unspecified atom stereocenters. The maximum Gasteiger partial charge on any atom is 0.0860 e. The lowest BCUT2D eigenvalue weighted by Gasteiger charge is -1.69. The molecule has 0 saturated heterocycles. The molecule has 0 aliphatic heterocycles. The van der Waals surface area contributed by atoms with Crippen molar-refractivity contribution in [3.8, 4) is 0 Å². The molecule has 0 spiro atoms. The van der Waals surface area contributed by atoms with E-state index in [1.807, 2.05) is 0 Å². The zero-order valence-electron chi connectivity index (χ0n) is 1.80. The lowest BCUT2D eigenvalue weighted by atomic mass is 12.8. The Kier molecular flexibility index (Phi) is 0.249. The first kappa shape index (κ1) is 1.90. The second-order valence-corrected chi connectivity index (χ2v) is 0.893. The molecule has 0 atom stereocenters. The predicted molar refractivity (Wildman–Crippen MR) is 14.3 cm³/mol. The molecule has 1 N–H and O–H groups in total. The van der Waals surface area contributed by atoms with E-state index in [1.54, 1.807) is 0 Å². The molecule has 0 aromatic carbocycles. The third-order valence-corrected chi connectivity index (χ3v) is 0.490. The molecule has 4 heteroatoms. The highest BCUT2D eigenvalue weighted by Gasteiger charge is 1.59. The van der Waals surface area contributed by atoms with E-state index in [-0.39, 0.29) is 0 Å². The van der Waals surface area contributed by atoms with Gasteiger partial charge in [0, 0.05) is 0 Å². The molecular weight excluding hydrogens is 74.1 g/mol. The summed E-state index contributed by atoms with van der Waals surface area (Å²) in [5.74, 6) is 0. The molecular formula is HN3S. The van der Waals surface area contributed by atoms with Crippen LogP contribution in [0.4, 0.5) is 0 Å². The smallest absolute Gasteiger partial charge is 0.0860 e. The first-order valence-corrected chi connectivity index (χ1v) is 1.58. The minimum Gasteiger partial charge on any atom is -0.195 e. The molecule has 1 heterocycles. The largest absolute Gasteiger partial charge is 0.195 e. The quantitative estimate of drug-likeness (QED) is 0.466. The normalized spacial score (nSPS) is 8.00. The first-order valence-electron chi connectivity index (χ1n) is 0.810. The van der Waals surface area contributed by atoms with E-state index >= 15 is 0 Å². The highest BCUT2D eigenvalue weighted by molar-refractivity contribution is 6.99. The van der Waals surface area contributed by atoms with Gasteiger partial charge >= 0.3 is 0 Å². The van der Waals surface area contributed by atoms with Gasteiger partial charge in [-0.05, 0) is 5.21 Å². The zero-order chi connectivity index (χ0) is 2.83. The van der Waals surface area contributed by atoms with Crippen molar-refractivity contribution in [2.24, 2.45) is 0 Å². The number of aromatic amines is 1. The lowest BCUT2D eigenvalue weighted by Crippen LogP contribution is -1.79. The van der Waals surface area contributed by atoms with Gasteiger partial charge in [0.25, 0.3) is 0 Å². The van der Waals surface area contributed by atoms with Crippen molar-refractivity contribution in [2.45, 2.75) is 0 Å². The molecule has 0 bridgehead atoms. The fourth-order valence-electron chi connectivity index (χ4n) is 0.0408. The standard InChI is InChI=1S/HN3S/c1-2-4-3-1/h(H,2,3). The van der Waals surface area contributed by atoms with Crippen LogP contribution in [0.1, 0.15) is 0 Å². The average molecular weight is 75.1 g/mol. The van der Waals surface area contributed by atoms with Gasteiger partial charge in [-0.15, -0.1) is 0 Å². The number of aromatic nitrogens is 3. The topological polar surface area (TPSA) is 41.6 Å². The highest BCUT2D eigenvalue weighted by Crippen LogP contribution is 1.65. The Labute approximate surface area is 26.9 Å². The highest BCUT2D eigenvalue weighted by atomic mass is 32.1. The van der Waals surface area contributed by atoms with Crippen LogP contribution in [0.5, 0.6) is 0 Å². The van der Waals surface area contributed by atoms with E-state index in [1.165, 1.54) is 11.7 Å². The van der Waals surface area contributed by atoms with Gasteiger partial charge in [0.05, 0.1) is 11.7 Å². The monoisotopic (exact) mass is 75.0 g/mol. The summed E-state index contributed by atoms with van der Waals surface area (Å²) in [6.07, 6.45) is 0. The van der Waals surface area contributed by atoms with Gasteiger partial charge in [-0.25, -0.2) is 0 Å². The Hall–Kier alpha value is -0.380. The molecule has 1 rings (SSSR count). The molecule has 0 radical (unpaired) electrons. The van der Waals surface area contributed by atoms with Gasteiger partial charge in [-0.1, -0.05) is 4.49 Å². The molecule has 4 heavy (non-hydrogen) atoms. The van der Waals surface area contributed by atoms with E-state index in [2.05, 4.69) is 14.2 Å². The number of nitrogens with one attached hydrogen (secondary N) is 1. The van der Waals surface area contributed by atoms with Gasteiger partial charge in [-0.2, -0.15) is 4.49 Å². The molecule has 0 amide bonds. The summed E-state index contributed by atoms with van der Waals surface area (Å²) in [4.78, 5) is 0. The Bertz CT molecular complexity index is 45.1. The van der Waals surface area contributed by atoms with E-state index in [4.69, 9.17) is 0 Å². The molecule has 0 fully saturated rings. The Balaban J connectivity index is 3.00. The summed E-state index contributed by atoms with van der Waals surface area (Å²) in [6, 6.07) is 0. The van der Waals surface area contributed by atoms with Crippen LogP contribution in [0.2, 0.25) is 0 Å². The second kappa shape index (κ2) is 0.525. The third kappa shape index (κ3) is 0.0475. The molecule has 0 aliphatic carbocycles. The average Bonchev–Trinajstić information content (AvgIpc) is 0.722. The molecule has 1 aromatic heterocycles. The summed E-state index contributed by atoms with van der Waals surface area (Å²) in [5, 5.41) is 3.25. The minimum absolute atomic E-state index is 1.25. The van der Waals surface area contributed by atoms with E-state index in [0.29, 0.717) is 0 Å². The summed E-state index contributed by atoms with van der Waals surface area (Å²) >= 11 is 1.25. The van der Waals surface area contributed by atoms with E-state index < -0.39 is 0 Å². The molecule has 0 saturated carbocycles. The van der Waals surface area contributed by atoms with Crippen LogP contribution >= 0.6 is 11.7 Å². The number of hydrogen-bond acceptors (Lipinski definition) is 3. The van der Waals surface area contributed by atoms with Crippen molar-refractivity contribution in [3.63, 3.8) is 0 Å². The minimum atomic E-state index is 1.25. The fraction of sp³-hybridized carbons (Fsp3) is 0. The van der Waals surface area contributed by atoms with Crippen molar-refractivity contribution in [1.82, 2.24) is 14.2 Å². The Morgan fingerprint density at radius 2 is 2.00 bits per heavy atom. The van der Waals surface area contributed by atoms with Gasteiger partial charge in [0.1, 0.15) is 0 Å². The van der Waals surface area contributed by atoms with Gasteiger partial charge in [0.2, 0.25) is 0 Å². The van der Waals surface area contributed by atoms with Crippen molar-refractivity contribution in [1.29, 1.82) is 0 Å². The van der Waals surface area contributed by atoms with Gasteiger partial charge < -0.3 is 0 Å². The Morgan fingerprint density at radius 1 is 1.75 bits per heavy atom. The number of rotatable bonds is 0. The van der Waals surface area contributed by atoms with Crippen molar-refractivity contribution in [3.05, 3.63) is 0 Å². The molecule has 22 valence electrons. The van der Waals surface area contributed by atoms with Crippen molar-refractivity contribution in [2.75, 3.05) is 0 Å². The molecule has 3 nitrogen and oxygen atoms in total. The number of H-pyrrole nitrogens is 1. The van der Waals surface area contributed by atoms with Crippen LogP contribution in [-0.4, -0.2) is 14.2 Å². The Morgan fingerprint density at radius 3 is 2.00 bits per heavy atom. The lowest BCUT2D eigenvalue weighted by molar-refractivity contribution is 0.927. The first-order chi connectivity index (χ1) is 2.00. The zero-order valence-corrected chi connectivity index (χ0v) is 2.62. The van der Waals surface area contributed by atoms with Crippen LogP contribution in [0.25, 0.3) is 0 Å². The van der Waals surface area contributed by atoms with Crippen LogP contribution in [0.3, 0.4) is 0 Å². The maximum absolute atomic E-state index is 3.35. The fourth-order valence-corrected chi connectivity index (χ4v) is 0.122. The molecule has 1 aromatic rings. The third-order valence-electron chi connectivity index (χ3n) is 0.163. The second-order valence-electron chi connectivity index (χ2n) is 0.364. The number of hydrogen-bond donors (Lipinski definition) is 1. The van der Waals surface area contributed by atoms with Crippen LogP contribution in [-0.2, 0) is 0 Å². The van der Waals surface area contributed by atoms with E-state index in [9.17, 15) is 0 Å². The number of nitrogens with zero attached hydrogens (tertiary/aromatic N) is 2. The molecule has 0 aliphatic rings. The van der Waals surface area contributed by atoms with Crippen LogP contribution in [0, 0.1) is 0 Å². The summed E-state index contributed by atoms with van der Waals surface area (Å²) in [5.41, 5.74) is 0. The van der Waals surface area contributed by atoms with Crippen LogP contribution in [0.15, 0.2) is 0 Å². The van der Waals surface area contributed by atoms with E-state index in [0.717, 1.165) is 0 Å². The predicted octanol–water partition coefficient (Wildman–Crippen LogP) is -0.134. The van der Waals surface area contributed by atoms with Crippen LogP contribution < -0.4 is 0 Å². The SMILES string of the molecule is n1ns[nH]1. The summed E-state index contributed by atoms with van der Waals surface area (Å²) < 4.78 is 5.83. The van der Waals surface area contributed by atoms with Gasteiger partial charge in [0.15, 0.2) is 0 Å². The van der Waals surface area contributed by atoms with Crippen molar-refractivity contribution < 1.29 is 0 Å². The van der Waals surface area contributed by atoms with Crippen molar-refractivity contribution >= 4 is 11.7 Å².